The van der Waals surface area contributed by atoms with Crippen LogP contribution in [0.3, 0.4) is 0 Å². The van der Waals surface area contributed by atoms with Gasteiger partial charge < -0.3 is 20.6 Å². The first-order valence-corrected chi connectivity index (χ1v) is 14.9. The zero-order valence-corrected chi connectivity index (χ0v) is 23.1. The van der Waals surface area contributed by atoms with Crippen molar-refractivity contribution in [3.8, 4) is 0 Å². The number of benzene rings is 2. The van der Waals surface area contributed by atoms with E-state index in [9.17, 15) is 14.4 Å². The van der Waals surface area contributed by atoms with Crippen LogP contribution in [0.25, 0.3) is 11.0 Å². The predicted molar refractivity (Wildman–Crippen MR) is 152 cm³/mol. The molecule has 3 saturated heterocycles. The second-order valence-electron chi connectivity index (χ2n) is 10.9. The SMILES string of the molecule is O=C(NCn1nnc2ccccc21)C1N(CCCCCCO)C(=O)[C@@H]2[C@H](C(=O)Nc3ccccc3)[C@@H]3CCC12S3. The molecule has 210 valence electrons. The topological polar surface area (TPSA) is 129 Å². The Hall–Kier alpha value is -3.44. The van der Waals surface area contributed by atoms with Crippen LogP contribution in [-0.4, -0.2) is 71.9 Å². The van der Waals surface area contributed by atoms with Gasteiger partial charge in [-0.15, -0.1) is 16.9 Å². The Morgan fingerprint density at radius 1 is 1.02 bits per heavy atom. The molecule has 2 unspecified atom stereocenters. The average molecular weight is 563 g/mol. The summed E-state index contributed by atoms with van der Waals surface area (Å²) in [6, 6.07) is 16.2. The number of rotatable bonds is 11. The number of thioether (sulfide) groups is 1. The molecule has 6 rings (SSSR count). The molecule has 40 heavy (non-hydrogen) atoms. The highest BCUT2D eigenvalue weighted by Crippen LogP contribution is 2.66. The molecule has 3 aliphatic heterocycles. The number of para-hydroxylation sites is 2. The summed E-state index contributed by atoms with van der Waals surface area (Å²) >= 11 is 1.66. The van der Waals surface area contributed by atoms with E-state index in [2.05, 4.69) is 20.9 Å². The number of hydrogen-bond donors (Lipinski definition) is 3. The number of aromatic nitrogens is 3. The molecule has 1 spiro atoms. The fourth-order valence-corrected chi connectivity index (χ4v) is 8.99. The number of carbonyl (C=O) groups excluding carboxylic acids is 3. The minimum absolute atomic E-state index is 0.000995. The van der Waals surface area contributed by atoms with Crippen molar-refractivity contribution in [2.75, 3.05) is 18.5 Å². The van der Waals surface area contributed by atoms with E-state index in [-0.39, 0.29) is 36.2 Å². The Balaban J connectivity index is 1.25. The number of carbonyl (C=O) groups is 3. The molecule has 5 atom stereocenters. The van der Waals surface area contributed by atoms with Crippen LogP contribution >= 0.6 is 11.8 Å². The number of hydrogen-bond acceptors (Lipinski definition) is 7. The van der Waals surface area contributed by atoms with Gasteiger partial charge in [-0.05, 0) is 49.9 Å². The van der Waals surface area contributed by atoms with E-state index in [0.717, 1.165) is 49.6 Å². The van der Waals surface area contributed by atoms with Crippen molar-refractivity contribution in [2.45, 2.75) is 61.2 Å². The zero-order chi connectivity index (χ0) is 27.7. The van der Waals surface area contributed by atoms with E-state index in [0.29, 0.717) is 12.2 Å². The summed E-state index contributed by atoms with van der Waals surface area (Å²) in [5, 5.41) is 23.5. The van der Waals surface area contributed by atoms with Crippen LogP contribution in [0, 0.1) is 11.8 Å². The normalized spacial score (nSPS) is 26.8. The van der Waals surface area contributed by atoms with Crippen molar-refractivity contribution in [2.24, 2.45) is 11.8 Å². The number of nitrogens with zero attached hydrogens (tertiary/aromatic N) is 4. The third kappa shape index (κ3) is 4.64. The van der Waals surface area contributed by atoms with Crippen LogP contribution < -0.4 is 10.6 Å². The second-order valence-corrected chi connectivity index (χ2v) is 12.5. The molecule has 3 fully saturated rings. The molecule has 4 heterocycles. The maximum atomic E-state index is 14.1. The number of amides is 3. The van der Waals surface area contributed by atoms with Crippen molar-refractivity contribution in [3.05, 3.63) is 54.6 Å². The third-order valence-electron chi connectivity index (χ3n) is 8.52. The number of anilines is 1. The Labute approximate surface area is 236 Å². The van der Waals surface area contributed by atoms with Gasteiger partial charge in [-0.2, -0.15) is 0 Å². The molecule has 1 aromatic heterocycles. The molecule has 3 aliphatic rings. The molecule has 0 radical (unpaired) electrons. The summed E-state index contributed by atoms with van der Waals surface area (Å²) in [5.41, 5.74) is 2.26. The van der Waals surface area contributed by atoms with Crippen molar-refractivity contribution in [1.29, 1.82) is 0 Å². The highest BCUT2D eigenvalue weighted by Gasteiger charge is 2.73. The van der Waals surface area contributed by atoms with Crippen LogP contribution in [-0.2, 0) is 21.1 Å². The summed E-state index contributed by atoms with van der Waals surface area (Å²) in [7, 11) is 0. The van der Waals surface area contributed by atoms with Gasteiger partial charge in [0.1, 0.15) is 18.2 Å². The lowest BCUT2D eigenvalue weighted by Crippen LogP contribution is -2.53. The maximum absolute atomic E-state index is 14.1. The van der Waals surface area contributed by atoms with Crippen LogP contribution in [0.1, 0.15) is 38.5 Å². The van der Waals surface area contributed by atoms with Gasteiger partial charge in [0.25, 0.3) is 0 Å². The average Bonchev–Trinajstić information content (AvgIpc) is 3.72. The summed E-state index contributed by atoms with van der Waals surface area (Å²) in [6.07, 6.45) is 4.69. The number of aliphatic hydroxyl groups excluding tert-OH is 1. The number of aliphatic hydroxyl groups is 1. The van der Waals surface area contributed by atoms with Crippen molar-refractivity contribution in [3.63, 3.8) is 0 Å². The smallest absolute Gasteiger partial charge is 0.245 e. The van der Waals surface area contributed by atoms with Gasteiger partial charge >= 0.3 is 0 Å². The largest absolute Gasteiger partial charge is 0.396 e. The molecule has 2 bridgehead atoms. The molecular weight excluding hydrogens is 528 g/mol. The summed E-state index contributed by atoms with van der Waals surface area (Å²) in [6.45, 7) is 0.734. The van der Waals surface area contributed by atoms with E-state index in [1.54, 1.807) is 21.3 Å². The van der Waals surface area contributed by atoms with Crippen molar-refractivity contribution >= 4 is 46.2 Å². The van der Waals surface area contributed by atoms with Crippen LogP contribution in [0.2, 0.25) is 0 Å². The summed E-state index contributed by atoms with van der Waals surface area (Å²) in [4.78, 5) is 43.3. The van der Waals surface area contributed by atoms with Gasteiger partial charge in [0.15, 0.2) is 0 Å². The Morgan fingerprint density at radius 2 is 1.80 bits per heavy atom. The lowest BCUT2D eigenvalue weighted by molar-refractivity contribution is -0.139. The van der Waals surface area contributed by atoms with Gasteiger partial charge in [0.2, 0.25) is 17.7 Å². The van der Waals surface area contributed by atoms with E-state index >= 15 is 0 Å². The fourth-order valence-electron chi connectivity index (χ4n) is 6.77. The molecule has 0 saturated carbocycles. The quantitative estimate of drug-likeness (QED) is 0.307. The standard InChI is InChI=1S/C29H34N6O4S/c36-17-9-2-1-8-16-34-25(27(38)30-18-35-21-13-7-6-12-20(21)32-33-35)29-15-14-22(40-29)23(24(29)28(34)39)26(37)31-19-10-4-3-5-11-19/h3-7,10-13,22-25,36H,1-2,8-9,14-18H2,(H,30,38)(H,31,37)/t22-,23+,24-,25?,29?/m0/s1. The first kappa shape index (κ1) is 26.8. The van der Waals surface area contributed by atoms with Gasteiger partial charge in [0, 0.05) is 24.1 Å². The summed E-state index contributed by atoms with van der Waals surface area (Å²) < 4.78 is 1.01. The minimum Gasteiger partial charge on any atom is -0.396 e. The second kappa shape index (κ2) is 11.2. The highest BCUT2D eigenvalue weighted by atomic mass is 32.2. The van der Waals surface area contributed by atoms with E-state index in [4.69, 9.17) is 5.11 Å². The number of fused-ring (bicyclic) bond motifs is 2. The third-order valence-corrected chi connectivity index (χ3v) is 10.5. The lowest BCUT2D eigenvalue weighted by atomic mass is 9.70. The highest BCUT2D eigenvalue weighted by molar-refractivity contribution is 8.02. The Morgan fingerprint density at radius 3 is 2.62 bits per heavy atom. The van der Waals surface area contributed by atoms with E-state index in [1.807, 2.05) is 54.6 Å². The monoisotopic (exact) mass is 562 g/mol. The van der Waals surface area contributed by atoms with Crippen molar-refractivity contribution < 1.29 is 19.5 Å². The zero-order valence-electron chi connectivity index (χ0n) is 22.2. The Bertz CT molecular complexity index is 1400. The van der Waals surface area contributed by atoms with Gasteiger partial charge in [-0.1, -0.05) is 48.4 Å². The predicted octanol–water partition coefficient (Wildman–Crippen LogP) is 2.79. The van der Waals surface area contributed by atoms with E-state index in [1.165, 1.54) is 0 Å². The molecular formula is C29H34N6O4S. The van der Waals surface area contributed by atoms with E-state index < -0.39 is 22.6 Å². The number of nitrogens with one attached hydrogen (secondary N) is 2. The van der Waals surface area contributed by atoms with Crippen LogP contribution in [0.4, 0.5) is 5.69 Å². The fraction of sp³-hybridized carbons (Fsp3) is 0.483. The van der Waals surface area contributed by atoms with Crippen LogP contribution in [0.5, 0.6) is 0 Å². The maximum Gasteiger partial charge on any atom is 0.245 e. The van der Waals surface area contributed by atoms with Gasteiger partial charge in [0.05, 0.1) is 22.1 Å². The van der Waals surface area contributed by atoms with Crippen LogP contribution in [0.15, 0.2) is 54.6 Å². The molecule has 3 N–H and O–H groups in total. The minimum atomic E-state index is -0.665. The number of unbranched alkanes of at least 4 members (excludes halogenated alkanes) is 3. The molecule has 3 aromatic rings. The van der Waals surface area contributed by atoms with Gasteiger partial charge in [-0.25, -0.2) is 4.68 Å². The van der Waals surface area contributed by atoms with Gasteiger partial charge in [-0.3, -0.25) is 14.4 Å². The summed E-state index contributed by atoms with van der Waals surface area (Å²) in [5.74, 6) is -1.50. The first-order chi connectivity index (χ1) is 19.5. The number of likely N-dealkylation sites (tertiary alicyclic amines) is 1. The molecule has 3 amide bonds. The molecule has 2 aromatic carbocycles. The molecule has 10 nitrogen and oxygen atoms in total. The van der Waals surface area contributed by atoms with Crippen molar-refractivity contribution in [1.82, 2.24) is 25.2 Å². The molecule has 0 aliphatic carbocycles. The lowest BCUT2D eigenvalue weighted by Gasteiger charge is -2.34. The molecule has 11 heteroatoms. The first-order valence-electron chi connectivity index (χ1n) is 14.0. The Kier molecular flexibility index (Phi) is 7.50.